The number of hydrogen-bond acceptors (Lipinski definition) is 3. The molecule has 7 heteroatoms. The summed E-state index contributed by atoms with van der Waals surface area (Å²) in [6.45, 7) is 0.482. The number of primary amides is 1. The van der Waals surface area contributed by atoms with E-state index < -0.39 is 23.3 Å². The van der Waals surface area contributed by atoms with Crippen LogP contribution in [0.25, 0.3) is 0 Å². The molecule has 0 aromatic rings. The SMILES string of the molecule is NC(=O)CCC1CCCN(C(=O)C(F)(F)C2(O)CCC2)C1. The maximum absolute atomic E-state index is 14.2. The molecule has 2 rings (SSSR count). The average molecular weight is 304 g/mol. The van der Waals surface area contributed by atoms with Crippen LogP contribution in [-0.2, 0) is 9.59 Å². The standard InChI is InChI=1S/C14H22F2N2O3/c15-14(16,13(21)6-2-7-13)12(20)18-8-1-3-10(9-18)4-5-11(17)19/h10,21H,1-9H2,(H2,17,19). The van der Waals surface area contributed by atoms with Crippen molar-refractivity contribution in [1.29, 1.82) is 0 Å². The first-order valence-electron chi connectivity index (χ1n) is 7.44. The molecule has 1 atom stereocenters. The third kappa shape index (κ3) is 3.17. The van der Waals surface area contributed by atoms with Crippen molar-refractivity contribution in [3.63, 3.8) is 0 Å². The molecule has 120 valence electrons. The molecule has 5 nitrogen and oxygen atoms in total. The van der Waals surface area contributed by atoms with Crippen molar-refractivity contribution in [2.45, 2.75) is 56.5 Å². The van der Waals surface area contributed by atoms with Crippen LogP contribution in [0, 0.1) is 5.92 Å². The van der Waals surface area contributed by atoms with E-state index in [9.17, 15) is 23.5 Å². The fourth-order valence-corrected chi connectivity index (χ4v) is 3.05. The van der Waals surface area contributed by atoms with Crippen molar-refractivity contribution in [1.82, 2.24) is 4.90 Å². The van der Waals surface area contributed by atoms with E-state index in [0.717, 1.165) is 11.3 Å². The number of rotatable bonds is 5. The number of carbonyl (C=O) groups excluding carboxylic acids is 2. The van der Waals surface area contributed by atoms with Crippen LogP contribution in [0.3, 0.4) is 0 Å². The molecule has 1 unspecified atom stereocenters. The van der Waals surface area contributed by atoms with Gasteiger partial charge in [0.05, 0.1) is 0 Å². The molecule has 3 N–H and O–H groups in total. The van der Waals surface area contributed by atoms with Gasteiger partial charge >= 0.3 is 5.92 Å². The second kappa shape index (κ2) is 5.87. The predicted octanol–water partition coefficient (Wildman–Crippen LogP) is 1.04. The molecule has 2 fully saturated rings. The molecule has 2 aliphatic rings. The first-order valence-corrected chi connectivity index (χ1v) is 7.44. The maximum atomic E-state index is 14.2. The van der Waals surface area contributed by atoms with Crippen molar-refractivity contribution in [3.8, 4) is 0 Å². The van der Waals surface area contributed by atoms with Gasteiger partial charge in [-0.2, -0.15) is 8.78 Å². The number of alkyl halides is 2. The molecule has 0 bridgehead atoms. The number of halogens is 2. The van der Waals surface area contributed by atoms with Crippen molar-refractivity contribution < 1.29 is 23.5 Å². The fourth-order valence-electron chi connectivity index (χ4n) is 3.05. The minimum Gasteiger partial charge on any atom is -0.383 e. The normalized spacial score (nSPS) is 25.3. The lowest BCUT2D eigenvalue weighted by Gasteiger charge is -2.44. The third-order valence-corrected chi connectivity index (χ3v) is 4.64. The van der Waals surface area contributed by atoms with Crippen LogP contribution < -0.4 is 5.73 Å². The average Bonchev–Trinajstić information content (AvgIpc) is 2.41. The molecule has 1 saturated carbocycles. The van der Waals surface area contributed by atoms with Gasteiger partial charge in [-0.05, 0) is 44.4 Å². The van der Waals surface area contributed by atoms with Gasteiger partial charge in [-0.15, -0.1) is 0 Å². The van der Waals surface area contributed by atoms with E-state index in [2.05, 4.69) is 0 Å². The topological polar surface area (TPSA) is 83.6 Å². The highest BCUT2D eigenvalue weighted by atomic mass is 19.3. The summed E-state index contributed by atoms with van der Waals surface area (Å²) in [5.41, 5.74) is 2.91. The molecule has 0 aromatic carbocycles. The Labute approximate surface area is 122 Å². The Morgan fingerprint density at radius 3 is 2.52 bits per heavy atom. The number of nitrogens with two attached hydrogens (primary N) is 1. The fraction of sp³-hybridized carbons (Fsp3) is 0.857. The smallest absolute Gasteiger partial charge is 0.352 e. The third-order valence-electron chi connectivity index (χ3n) is 4.64. The van der Waals surface area contributed by atoms with Gasteiger partial charge in [0, 0.05) is 19.5 Å². The zero-order valence-corrected chi connectivity index (χ0v) is 12.0. The molecule has 0 spiro atoms. The Kier molecular flexibility index (Phi) is 4.51. The van der Waals surface area contributed by atoms with E-state index in [4.69, 9.17) is 5.73 Å². The molecule has 1 saturated heterocycles. The lowest BCUT2D eigenvalue weighted by molar-refractivity contribution is -0.224. The first kappa shape index (κ1) is 16.1. The van der Waals surface area contributed by atoms with Crippen LogP contribution >= 0.6 is 0 Å². The highest BCUT2D eigenvalue weighted by Crippen LogP contribution is 2.45. The summed E-state index contributed by atoms with van der Waals surface area (Å²) in [7, 11) is 0. The molecular formula is C14H22F2N2O3. The number of hydrogen-bond donors (Lipinski definition) is 2. The minimum absolute atomic E-state index is 0.0158. The van der Waals surface area contributed by atoms with Gasteiger partial charge in [-0.1, -0.05) is 0 Å². The molecule has 1 heterocycles. The van der Waals surface area contributed by atoms with E-state index in [0.29, 0.717) is 19.3 Å². The van der Waals surface area contributed by atoms with Crippen LogP contribution in [0.2, 0.25) is 0 Å². The van der Waals surface area contributed by atoms with Crippen LogP contribution in [-0.4, -0.2) is 46.4 Å². The summed E-state index contributed by atoms with van der Waals surface area (Å²) in [5, 5.41) is 9.82. The van der Waals surface area contributed by atoms with Crippen LogP contribution in [0.1, 0.15) is 44.9 Å². The Morgan fingerprint density at radius 2 is 2.00 bits per heavy atom. The van der Waals surface area contributed by atoms with E-state index in [1.165, 1.54) is 0 Å². The summed E-state index contributed by atoms with van der Waals surface area (Å²) in [6, 6.07) is 0. The van der Waals surface area contributed by atoms with Gasteiger partial charge < -0.3 is 15.7 Å². The summed E-state index contributed by atoms with van der Waals surface area (Å²) < 4.78 is 28.3. The molecule has 0 radical (unpaired) electrons. The second-order valence-electron chi connectivity index (χ2n) is 6.22. The zero-order chi connectivity index (χ0) is 15.7. The van der Waals surface area contributed by atoms with Crippen molar-refractivity contribution >= 4 is 11.8 Å². The molecule has 0 aromatic heterocycles. The maximum Gasteiger partial charge on any atom is 0.352 e. The lowest BCUT2D eigenvalue weighted by Crippen LogP contribution is -2.62. The summed E-state index contributed by atoms with van der Waals surface area (Å²) in [6.07, 6.45) is 2.58. The highest BCUT2D eigenvalue weighted by molar-refractivity contribution is 5.85. The molecular weight excluding hydrogens is 282 g/mol. The minimum atomic E-state index is -3.73. The molecule has 1 aliphatic heterocycles. The predicted molar refractivity (Wildman–Crippen MR) is 71.5 cm³/mol. The molecule has 21 heavy (non-hydrogen) atoms. The molecule has 2 amide bonds. The van der Waals surface area contributed by atoms with E-state index >= 15 is 0 Å². The van der Waals surface area contributed by atoms with E-state index in [1.807, 2.05) is 0 Å². The van der Waals surface area contributed by atoms with Crippen molar-refractivity contribution in [2.24, 2.45) is 11.7 Å². The summed E-state index contributed by atoms with van der Waals surface area (Å²) in [5.74, 6) is -5.42. The summed E-state index contributed by atoms with van der Waals surface area (Å²) in [4.78, 5) is 24.0. The summed E-state index contributed by atoms with van der Waals surface area (Å²) >= 11 is 0. The zero-order valence-electron chi connectivity index (χ0n) is 12.0. The number of piperidine rings is 1. The Morgan fingerprint density at radius 1 is 1.33 bits per heavy atom. The van der Waals surface area contributed by atoms with Gasteiger partial charge in [-0.25, -0.2) is 0 Å². The van der Waals surface area contributed by atoms with Gasteiger partial charge in [-0.3, -0.25) is 9.59 Å². The first-order chi connectivity index (χ1) is 9.76. The van der Waals surface area contributed by atoms with Gasteiger partial charge in [0.15, 0.2) is 0 Å². The molecule has 1 aliphatic carbocycles. The van der Waals surface area contributed by atoms with E-state index in [-0.39, 0.29) is 38.3 Å². The number of nitrogens with zero attached hydrogens (tertiary/aromatic N) is 1. The Balaban J connectivity index is 1.97. The number of amides is 2. The Bertz CT molecular complexity index is 424. The van der Waals surface area contributed by atoms with Gasteiger partial charge in [0.25, 0.3) is 5.91 Å². The van der Waals surface area contributed by atoms with E-state index in [1.54, 1.807) is 0 Å². The second-order valence-corrected chi connectivity index (χ2v) is 6.22. The number of aliphatic hydroxyl groups is 1. The lowest BCUT2D eigenvalue weighted by atomic mass is 9.74. The van der Waals surface area contributed by atoms with Gasteiger partial charge in [0.1, 0.15) is 5.60 Å². The van der Waals surface area contributed by atoms with Gasteiger partial charge in [0.2, 0.25) is 5.91 Å². The van der Waals surface area contributed by atoms with Crippen LogP contribution in [0.4, 0.5) is 8.78 Å². The van der Waals surface area contributed by atoms with Crippen LogP contribution in [0.5, 0.6) is 0 Å². The number of likely N-dealkylation sites (tertiary alicyclic amines) is 1. The van der Waals surface area contributed by atoms with Crippen molar-refractivity contribution in [2.75, 3.05) is 13.1 Å². The largest absolute Gasteiger partial charge is 0.383 e. The van der Waals surface area contributed by atoms with Crippen LogP contribution in [0.15, 0.2) is 0 Å². The van der Waals surface area contributed by atoms with Crippen molar-refractivity contribution in [3.05, 3.63) is 0 Å². The quantitative estimate of drug-likeness (QED) is 0.796. The highest BCUT2D eigenvalue weighted by Gasteiger charge is 2.62. The monoisotopic (exact) mass is 304 g/mol. The Hall–Kier alpha value is -1.24. The number of carbonyl (C=O) groups is 2.